The lowest BCUT2D eigenvalue weighted by Crippen LogP contribution is -2.10. The minimum atomic E-state index is 0.152. The predicted molar refractivity (Wildman–Crippen MR) is 97.4 cm³/mol. The topological polar surface area (TPSA) is 47.9 Å². The van der Waals surface area contributed by atoms with Crippen LogP contribution < -0.4 is 4.74 Å². The fraction of sp³-hybridized carbons (Fsp3) is 0.526. The van der Waals surface area contributed by atoms with E-state index in [4.69, 9.17) is 4.74 Å². The molecule has 0 spiro atoms. The first kappa shape index (κ1) is 17.2. The van der Waals surface area contributed by atoms with Gasteiger partial charge in [0.05, 0.1) is 0 Å². The molecule has 0 unspecified atom stereocenters. The van der Waals surface area contributed by atoms with E-state index in [1.165, 1.54) is 31.2 Å². The molecule has 0 N–H and O–H groups in total. The second kappa shape index (κ2) is 7.51. The van der Waals surface area contributed by atoms with Gasteiger partial charge < -0.3 is 4.74 Å². The van der Waals surface area contributed by atoms with Gasteiger partial charge in [-0.3, -0.25) is 0 Å². The Bertz CT molecular complexity index is 661. The van der Waals surface area contributed by atoms with Gasteiger partial charge in [0.25, 0.3) is 0 Å². The van der Waals surface area contributed by atoms with Crippen molar-refractivity contribution in [2.75, 3.05) is 0 Å². The van der Waals surface area contributed by atoms with Crippen molar-refractivity contribution in [3.63, 3.8) is 0 Å². The summed E-state index contributed by atoms with van der Waals surface area (Å²) in [4.78, 5) is 13.0. The van der Waals surface area contributed by atoms with Crippen LogP contribution in [0.5, 0.6) is 5.75 Å². The lowest BCUT2D eigenvalue weighted by Gasteiger charge is -2.19. The number of ether oxygens (including phenoxy) is 1. The SMILES string of the molecule is CC(C)(C)c1ccc(OCc2ncnc(SC3CCCC3)n2)cc1. The molecule has 0 bridgehead atoms. The van der Waals surface area contributed by atoms with Gasteiger partial charge in [-0.25, -0.2) is 15.0 Å². The minimum absolute atomic E-state index is 0.152. The summed E-state index contributed by atoms with van der Waals surface area (Å²) in [5.74, 6) is 1.53. The fourth-order valence-corrected chi connectivity index (χ4v) is 3.93. The second-order valence-electron chi connectivity index (χ2n) is 7.27. The standard InChI is InChI=1S/C19H25N3OS/c1-19(2,3)14-8-10-15(11-9-14)23-12-17-20-13-21-18(22-17)24-16-6-4-5-7-16/h8-11,13,16H,4-7,12H2,1-3H3. The van der Waals surface area contributed by atoms with Gasteiger partial charge >= 0.3 is 0 Å². The van der Waals surface area contributed by atoms with E-state index in [0.29, 0.717) is 17.7 Å². The van der Waals surface area contributed by atoms with Crippen LogP contribution in [-0.4, -0.2) is 20.2 Å². The Balaban J connectivity index is 1.58. The zero-order valence-electron chi connectivity index (χ0n) is 14.7. The molecular weight excluding hydrogens is 318 g/mol. The van der Waals surface area contributed by atoms with Gasteiger partial charge in [0.2, 0.25) is 0 Å². The monoisotopic (exact) mass is 343 g/mol. The highest BCUT2D eigenvalue weighted by molar-refractivity contribution is 7.99. The quantitative estimate of drug-likeness (QED) is 0.781. The molecule has 1 fully saturated rings. The number of rotatable bonds is 5. The van der Waals surface area contributed by atoms with Gasteiger partial charge in [-0.2, -0.15) is 0 Å². The first-order valence-electron chi connectivity index (χ1n) is 8.58. The molecular formula is C19H25N3OS. The van der Waals surface area contributed by atoms with Crippen LogP contribution in [0.25, 0.3) is 0 Å². The lowest BCUT2D eigenvalue weighted by atomic mass is 9.87. The summed E-state index contributed by atoms with van der Waals surface area (Å²) in [5, 5.41) is 1.48. The molecule has 1 saturated carbocycles. The fourth-order valence-electron chi connectivity index (χ4n) is 2.79. The molecule has 0 atom stereocenters. The van der Waals surface area contributed by atoms with Gasteiger partial charge in [0, 0.05) is 5.25 Å². The summed E-state index contributed by atoms with van der Waals surface area (Å²) in [6, 6.07) is 8.25. The third-order valence-electron chi connectivity index (χ3n) is 4.26. The van der Waals surface area contributed by atoms with Crippen LogP contribution in [0.2, 0.25) is 0 Å². The van der Waals surface area contributed by atoms with Crippen molar-refractivity contribution in [1.29, 1.82) is 0 Å². The van der Waals surface area contributed by atoms with Gasteiger partial charge in [0.15, 0.2) is 11.0 Å². The summed E-state index contributed by atoms with van der Waals surface area (Å²) in [7, 11) is 0. The van der Waals surface area contributed by atoms with Crippen LogP contribution in [0.15, 0.2) is 35.7 Å². The third-order valence-corrected chi connectivity index (χ3v) is 5.47. The Hall–Kier alpha value is -1.62. The average molecular weight is 343 g/mol. The summed E-state index contributed by atoms with van der Waals surface area (Å²) in [5.41, 5.74) is 1.45. The van der Waals surface area contributed by atoms with E-state index >= 15 is 0 Å². The molecule has 128 valence electrons. The summed E-state index contributed by atoms with van der Waals surface area (Å²) in [6.45, 7) is 6.99. The van der Waals surface area contributed by atoms with E-state index in [1.807, 2.05) is 12.1 Å². The van der Waals surface area contributed by atoms with Crippen LogP contribution in [0.3, 0.4) is 0 Å². The van der Waals surface area contributed by atoms with Crippen molar-refractivity contribution in [2.24, 2.45) is 0 Å². The smallest absolute Gasteiger partial charge is 0.191 e. The molecule has 1 heterocycles. The molecule has 0 radical (unpaired) electrons. The highest BCUT2D eigenvalue weighted by Crippen LogP contribution is 2.32. The van der Waals surface area contributed by atoms with Crippen molar-refractivity contribution >= 4 is 11.8 Å². The van der Waals surface area contributed by atoms with Crippen molar-refractivity contribution in [1.82, 2.24) is 15.0 Å². The maximum Gasteiger partial charge on any atom is 0.191 e. The predicted octanol–water partition coefficient (Wildman–Crippen LogP) is 4.78. The van der Waals surface area contributed by atoms with Gasteiger partial charge in [-0.15, -0.1) is 0 Å². The summed E-state index contributed by atoms with van der Waals surface area (Å²) < 4.78 is 5.82. The first-order chi connectivity index (χ1) is 11.5. The van der Waals surface area contributed by atoms with Gasteiger partial charge in [-0.1, -0.05) is 57.5 Å². The van der Waals surface area contributed by atoms with Crippen LogP contribution in [0.4, 0.5) is 0 Å². The Kier molecular flexibility index (Phi) is 5.39. The van der Waals surface area contributed by atoms with Crippen molar-refractivity contribution in [2.45, 2.75) is 68.9 Å². The van der Waals surface area contributed by atoms with Crippen molar-refractivity contribution < 1.29 is 4.74 Å². The molecule has 1 aromatic carbocycles. The van der Waals surface area contributed by atoms with Crippen molar-refractivity contribution in [3.8, 4) is 5.75 Å². The Morgan fingerprint density at radius 1 is 1.08 bits per heavy atom. The number of aromatic nitrogens is 3. The second-order valence-corrected chi connectivity index (χ2v) is 8.54. The number of nitrogens with zero attached hydrogens (tertiary/aromatic N) is 3. The molecule has 2 aromatic rings. The zero-order valence-corrected chi connectivity index (χ0v) is 15.5. The number of hydrogen-bond donors (Lipinski definition) is 0. The molecule has 3 rings (SSSR count). The molecule has 24 heavy (non-hydrogen) atoms. The Morgan fingerprint density at radius 3 is 2.46 bits per heavy atom. The van der Waals surface area contributed by atoms with Crippen LogP contribution >= 0.6 is 11.8 Å². The molecule has 0 amide bonds. The number of benzene rings is 1. The third kappa shape index (κ3) is 4.69. The lowest BCUT2D eigenvalue weighted by molar-refractivity contribution is 0.293. The molecule has 4 nitrogen and oxygen atoms in total. The van der Waals surface area contributed by atoms with Gasteiger partial charge in [-0.05, 0) is 36.0 Å². The van der Waals surface area contributed by atoms with Crippen molar-refractivity contribution in [3.05, 3.63) is 42.0 Å². The first-order valence-corrected chi connectivity index (χ1v) is 9.46. The maximum atomic E-state index is 5.82. The highest BCUT2D eigenvalue weighted by atomic mass is 32.2. The van der Waals surface area contributed by atoms with E-state index in [2.05, 4.69) is 47.9 Å². The Labute approximate surface area is 148 Å². The molecule has 1 aliphatic rings. The molecule has 1 aliphatic carbocycles. The van der Waals surface area contributed by atoms with E-state index in [0.717, 1.165) is 10.9 Å². The maximum absolute atomic E-state index is 5.82. The minimum Gasteiger partial charge on any atom is -0.486 e. The van der Waals surface area contributed by atoms with Crippen LogP contribution in [0, 0.1) is 0 Å². The van der Waals surface area contributed by atoms with E-state index in [1.54, 1.807) is 18.1 Å². The largest absolute Gasteiger partial charge is 0.486 e. The molecule has 1 aromatic heterocycles. The van der Waals surface area contributed by atoms with E-state index < -0.39 is 0 Å². The number of thioether (sulfide) groups is 1. The molecule has 5 heteroatoms. The summed E-state index contributed by atoms with van der Waals surface area (Å²) >= 11 is 1.77. The summed E-state index contributed by atoms with van der Waals surface area (Å²) in [6.07, 6.45) is 6.77. The average Bonchev–Trinajstić information content (AvgIpc) is 3.06. The normalized spacial score (nSPS) is 15.6. The van der Waals surface area contributed by atoms with Gasteiger partial charge in [0.1, 0.15) is 18.7 Å². The molecule has 0 aliphatic heterocycles. The Morgan fingerprint density at radius 2 is 1.79 bits per heavy atom. The van der Waals surface area contributed by atoms with E-state index in [-0.39, 0.29) is 5.41 Å². The zero-order chi connectivity index (χ0) is 17.0. The van der Waals surface area contributed by atoms with Crippen LogP contribution in [0.1, 0.15) is 57.8 Å². The molecule has 0 saturated heterocycles. The number of hydrogen-bond acceptors (Lipinski definition) is 5. The highest BCUT2D eigenvalue weighted by Gasteiger charge is 2.18. The van der Waals surface area contributed by atoms with E-state index in [9.17, 15) is 0 Å². The van der Waals surface area contributed by atoms with Crippen LogP contribution in [-0.2, 0) is 12.0 Å².